The molecule has 0 radical (unpaired) electrons. The minimum Gasteiger partial charge on any atom is -0.497 e. The first-order valence-corrected chi connectivity index (χ1v) is 10.9. The van der Waals surface area contributed by atoms with Gasteiger partial charge in [-0.3, -0.25) is 0 Å². The highest BCUT2D eigenvalue weighted by Crippen LogP contribution is 2.56. The molecule has 2 heterocycles. The van der Waals surface area contributed by atoms with Crippen LogP contribution in [0, 0.1) is 0 Å². The SMILES string of the molecule is COc1ccc(C(O[Si](C)(C)C)[C@@]23O[C@@H]2[C@@H](C)OC3=O)cc1. The summed E-state index contributed by atoms with van der Waals surface area (Å²) >= 11 is 0. The number of carbonyl (C=O) groups excluding carboxylic acids is 1. The highest BCUT2D eigenvalue weighted by Gasteiger charge is 2.76. The van der Waals surface area contributed by atoms with Crippen LogP contribution < -0.4 is 4.74 Å². The van der Waals surface area contributed by atoms with Gasteiger partial charge in [-0.25, -0.2) is 4.79 Å². The van der Waals surface area contributed by atoms with E-state index in [0.717, 1.165) is 11.3 Å². The molecule has 0 aliphatic carbocycles. The third kappa shape index (κ3) is 2.45. The largest absolute Gasteiger partial charge is 0.497 e. The normalized spacial score (nSPS) is 31.4. The van der Waals surface area contributed by atoms with Crippen LogP contribution in [0.3, 0.4) is 0 Å². The Labute approximate surface area is 131 Å². The molecule has 2 saturated heterocycles. The highest BCUT2D eigenvalue weighted by atomic mass is 28.4. The van der Waals surface area contributed by atoms with E-state index in [1.54, 1.807) is 7.11 Å². The minimum atomic E-state index is -1.88. The summed E-state index contributed by atoms with van der Waals surface area (Å²) in [6.07, 6.45) is -0.880. The van der Waals surface area contributed by atoms with Crippen molar-refractivity contribution in [3.8, 4) is 5.75 Å². The van der Waals surface area contributed by atoms with E-state index in [0.29, 0.717) is 0 Å². The van der Waals surface area contributed by atoms with Crippen LogP contribution in [-0.4, -0.2) is 39.2 Å². The van der Waals surface area contributed by atoms with Gasteiger partial charge >= 0.3 is 5.97 Å². The second kappa shape index (κ2) is 5.08. The molecule has 1 aromatic rings. The number of epoxide rings is 1. The van der Waals surface area contributed by atoms with Crippen molar-refractivity contribution in [2.75, 3.05) is 7.11 Å². The second-order valence-electron chi connectivity index (χ2n) is 6.83. The third-order valence-corrected chi connectivity index (χ3v) is 4.95. The summed E-state index contributed by atoms with van der Waals surface area (Å²) in [4.78, 5) is 12.3. The number of methoxy groups -OCH3 is 1. The maximum absolute atomic E-state index is 12.3. The first-order valence-electron chi connectivity index (χ1n) is 7.48. The van der Waals surface area contributed by atoms with Crippen LogP contribution in [0.2, 0.25) is 19.6 Å². The summed E-state index contributed by atoms with van der Waals surface area (Å²) in [7, 11) is -0.259. The van der Waals surface area contributed by atoms with Crippen LogP contribution in [0.4, 0.5) is 0 Å². The molecule has 2 aliphatic rings. The fraction of sp³-hybridized carbons (Fsp3) is 0.562. The van der Waals surface area contributed by atoms with E-state index < -0.39 is 20.0 Å². The van der Waals surface area contributed by atoms with E-state index in [1.807, 2.05) is 31.2 Å². The van der Waals surface area contributed by atoms with Crippen LogP contribution in [0.15, 0.2) is 24.3 Å². The van der Waals surface area contributed by atoms with Crippen molar-refractivity contribution in [3.63, 3.8) is 0 Å². The van der Waals surface area contributed by atoms with E-state index in [-0.39, 0.29) is 18.2 Å². The van der Waals surface area contributed by atoms with Gasteiger partial charge in [0.15, 0.2) is 8.32 Å². The zero-order chi connectivity index (χ0) is 16.1. The Bertz CT molecular complexity index is 579. The Kier molecular flexibility index (Phi) is 3.58. The van der Waals surface area contributed by atoms with E-state index in [9.17, 15) is 4.79 Å². The predicted octanol–water partition coefficient (Wildman–Crippen LogP) is 2.67. The second-order valence-corrected chi connectivity index (χ2v) is 11.3. The fourth-order valence-corrected chi connectivity index (χ4v) is 3.98. The predicted molar refractivity (Wildman–Crippen MR) is 83.3 cm³/mol. The van der Waals surface area contributed by atoms with Gasteiger partial charge in [0.05, 0.1) is 7.11 Å². The molecule has 2 aliphatic heterocycles. The van der Waals surface area contributed by atoms with Crippen LogP contribution in [0.25, 0.3) is 0 Å². The lowest BCUT2D eigenvalue weighted by atomic mass is 9.92. The van der Waals surface area contributed by atoms with Gasteiger partial charge in [0.2, 0.25) is 5.60 Å². The number of cyclic esters (lactones) is 1. The molecule has 3 rings (SSSR count). The molecular formula is C16H22O5Si. The quantitative estimate of drug-likeness (QED) is 0.474. The summed E-state index contributed by atoms with van der Waals surface area (Å²) in [5, 5.41) is 0. The number of rotatable bonds is 5. The van der Waals surface area contributed by atoms with E-state index in [2.05, 4.69) is 19.6 Å². The Hall–Kier alpha value is -1.37. The van der Waals surface area contributed by atoms with Gasteiger partial charge in [-0.05, 0) is 44.3 Å². The molecule has 120 valence electrons. The van der Waals surface area contributed by atoms with Gasteiger partial charge in [-0.1, -0.05) is 12.1 Å². The molecule has 1 aromatic carbocycles. The maximum Gasteiger partial charge on any atom is 0.344 e. The maximum atomic E-state index is 12.3. The average Bonchev–Trinajstić information content (AvgIpc) is 3.15. The van der Waals surface area contributed by atoms with E-state index in [1.165, 1.54) is 0 Å². The summed E-state index contributed by atoms with van der Waals surface area (Å²) in [5.41, 5.74) is -0.0642. The molecule has 1 unspecified atom stereocenters. The molecule has 22 heavy (non-hydrogen) atoms. The van der Waals surface area contributed by atoms with Crippen LogP contribution in [0.5, 0.6) is 5.75 Å². The Morgan fingerprint density at radius 3 is 2.27 bits per heavy atom. The topological polar surface area (TPSA) is 57.3 Å². The van der Waals surface area contributed by atoms with Crippen molar-refractivity contribution in [1.82, 2.24) is 0 Å². The molecule has 0 amide bonds. The number of ether oxygens (including phenoxy) is 3. The molecule has 5 nitrogen and oxygen atoms in total. The lowest BCUT2D eigenvalue weighted by Crippen LogP contribution is -2.39. The Balaban J connectivity index is 1.96. The third-order valence-electron chi connectivity index (χ3n) is 4.01. The van der Waals surface area contributed by atoms with Gasteiger partial charge in [-0.2, -0.15) is 0 Å². The number of hydrogen-bond donors (Lipinski definition) is 0. The summed E-state index contributed by atoms with van der Waals surface area (Å²) in [5.74, 6) is 0.452. The van der Waals surface area contributed by atoms with Gasteiger partial charge in [0.1, 0.15) is 24.1 Å². The number of hydrogen-bond acceptors (Lipinski definition) is 5. The number of esters is 1. The zero-order valence-corrected chi connectivity index (χ0v) is 14.6. The summed E-state index contributed by atoms with van der Waals surface area (Å²) in [6, 6.07) is 7.59. The first-order chi connectivity index (χ1) is 10.3. The lowest BCUT2D eigenvalue weighted by Gasteiger charge is -2.29. The molecule has 0 aromatic heterocycles. The van der Waals surface area contributed by atoms with Crippen LogP contribution in [0.1, 0.15) is 18.6 Å². The fourth-order valence-electron chi connectivity index (χ4n) is 2.96. The molecule has 4 atom stereocenters. The highest BCUT2D eigenvalue weighted by molar-refractivity contribution is 6.69. The standard InChI is InChI=1S/C16H22O5Si/c1-10-13-16(20-13,15(17)19-10)14(21-22(3,4)5)11-6-8-12(18-2)9-7-11/h6-10,13-14H,1-5H3/t10-,13-,14?,16+/m1/s1. The number of fused-ring (bicyclic) bond motifs is 1. The molecule has 0 saturated carbocycles. The van der Waals surface area contributed by atoms with Crippen molar-refractivity contribution in [3.05, 3.63) is 29.8 Å². The molecule has 2 fully saturated rings. The Morgan fingerprint density at radius 2 is 1.86 bits per heavy atom. The van der Waals surface area contributed by atoms with E-state index in [4.69, 9.17) is 18.6 Å². The van der Waals surface area contributed by atoms with Crippen LogP contribution in [-0.2, 0) is 18.7 Å². The summed E-state index contributed by atoms with van der Waals surface area (Å²) in [6.45, 7) is 8.15. The van der Waals surface area contributed by atoms with Crippen molar-refractivity contribution >= 4 is 14.3 Å². The summed E-state index contributed by atoms with van der Waals surface area (Å²) < 4.78 is 22.6. The number of benzene rings is 1. The first kappa shape index (κ1) is 15.5. The Morgan fingerprint density at radius 1 is 1.23 bits per heavy atom. The smallest absolute Gasteiger partial charge is 0.344 e. The molecule has 0 bridgehead atoms. The molecule has 0 N–H and O–H groups in total. The van der Waals surface area contributed by atoms with Gasteiger partial charge in [0.25, 0.3) is 0 Å². The van der Waals surface area contributed by atoms with Crippen molar-refractivity contribution in [1.29, 1.82) is 0 Å². The minimum absolute atomic E-state index is 0.219. The lowest BCUT2D eigenvalue weighted by molar-refractivity contribution is -0.156. The average molecular weight is 322 g/mol. The van der Waals surface area contributed by atoms with Crippen molar-refractivity contribution in [2.24, 2.45) is 0 Å². The van der Waals surface area contributed by atoms with Crippen molar-refractivity contribution < 1.29 is 23.4 Å². The van der Waals surface area contributed by atoms with Crippen LogP contribution >= 0.6 is 0 Å². The monoisotopic (exact) mass is 322 g/mol. The molecule has 0 spiro atoms. The van der Waals surface area contributed by atoms with Gasteiger partial charge in [-0.15, -0.1) is 0 Å². The molecule has 6 heteroatoms. The van der Waals surface area contributed by atoms with Gasteiger partial charge < -0.3 is 18.6 Å². The van der Waals surface area contributed by atoms with Gasteiger partial charge in [0, 0.05) is 0 Å². The van der Waals surface area contributed by atoms with Crippen molar-refractivity contribution in [2.45, 2.75) is 50.5 Å². The molecular weight excluding hydrogens is 300 g/mol. The number of carbonyl (C=O) groups is 1. The van der Waals surface area contributed by atoms with E-state index >= 15 is 0 Å². The zero-order valence-electron chi connectivity index (χ0n) is 13.6.